The van der Waals surface area contributed by atoms with Crippen molar-refractivity contribution in [2.24, 2.45) is 5.41 Å². The zero-order chi connectivity index (χ0) is 12.3. The quantitative estimate of drug-likeness (QED) is 0.821. The zero-order valence-corrected chi connectivity index (χ0v) is 9.85. The number of aliphatic hydroxyl groups excluding tert-OH is 1. The molecule has 0 bridgehead atoms. The molecule has 5 heteroatoms. The third-order valence-electron chi connectivity index (χ3n) is 3.53. The van der Waals surface area contributed by atoms with Gasteiger partial charge in [-0.25, -0.2) is 9.97 Å². The number of nitriles is 1. The van der Waals surface area contributed by atoms with Crippen LogP contribution in [0.3, 0.4) is 0 Å². The molecule has 90 valence electrons. The number of hydrogen-bond donors (Lipinski definition) is 2. The monoisotopic (exact) mass is 232 g/mol. The molecule has 17 heavy (non-hydrogen) atoms. The maximum absolute atomic E-state index is 9.44. The Bertz CT molecular complexity index is 425. The molecule has 1 fully saturated rings. The Balaban J connectivity index is 2.08. The van der Waals surface area contributed by atoms with E-state index in [0.29, 0.717) is 11.5 Å². The molecule has 2 rings (SSSR count). The predicted molar refractivity (Wildman–Crippen MR) is 63.2 cm³/mol. The summed E-state index contributed by atoms with van der Waals surface area (Å²) < 4.78 is 0. The average Bonchev–Trinajstić information content (AvgIpc) is 2.73. The number of aliphatic hydroxyl groups is 1. The molecule has 0 radical (unpaired) electrons. The smallest absolute Gasteiger partial charge is 0.158 e. The summed E-state index contributed by atoms with van der Waals surface area (Å²) in [6.07, 6.45) is 6.17. The van der Waals surface area contributed by atoms with E-state index in [0.717, 1.165) is 19.3 Å². The van der Waals surface area contributed by atoms with Crippen molar-refractivity contribution in [2.45, 2.75) is 32.2 Å². The number of hydrogen-bond acceptors (Lipinski definition) is 5. The van der Waals surface area contributed by atoms with Gasteiger partial charge in [-0.05, 0) is 12.8 Å². The Hall–Kier alpha value is -1.67. The minimum Gasteiger partial charge on any atom is -0.396 e. The summed E-state index contributed by atoms with van der Waals surface area (Å²) in [5, 5.41) is 21.4. The summed E-state index contributed by atoms with van der Waals surface area (Å²) >= 11 is 0. The van der Waals surface area contributed by atoms with Gasteiger partial charge < -0.3 is 10.4 Å². The van der Waals surface area contributed by atoms with Gasteiger partial charge in [0.05, 0.1) is 19.0 Å². The second kappa shape index (κ2) is 4.68. The molecule has 1 saturated carbocycles. The topological polar surface area (TPSA) is 81.8 Å². The standard InChI is InChI=1S/C12H16N4O/c1-12(8-17)4-2-3-10(12)16-11-7-14-9(5-13)6-15-11/h6-7,10,17H,2-4,8H2,1H3,(H,15,16). The van der Waals surface area contributed by atoms with Crippen molar-refractivity contribution in [1.29, 1.82) is 5.26 Å². The van der Waals surface area contributed by atoms with Crippen molar-refractivity contribution >= 4 is 5.82 Å². The lowest BCUT2D eigenvalue weighted by Crippen LogP contribution is -2.36. The van der Waals surface area contributed by atoms with E-state index < -0.39 is 0 Å². The molecule has 1 aromatic heterocycles. The lowest BCUT2D eigenvalue weighted by molar-refractivity contribution is 0.139. The van der Waals surface area contributed by atoms with E-state index in [4.69, 9.17) is 5.26 Å². The van der Waals surface area contributed by atoms with Crippen LogP contribution in [0.25, 0.3) is 0 Å². The van der Waals surface area contributed by atoms with Crippen LogP contribution in [0.2, 0.25) is 0 Å². The highest BCUT2D eigenvalue weighted by Gasteiger charge is 2.38. The summed E-state index contributed by atoms with van der Waals surface area (Å²) in [5.41, 5.74) is 0.224. The Morgan fingerprint density at radius 2 is 2.41 bits per heavy atom. The highest BCUT2D eigenvalue weighted by molar-refractivity contribution is 5.35. The number of nitrogens with one attached hydrogen (secondary N) is 1. The van der Waals surface area contributed by atoms with Gasteiger partial charge in [0.2, 0.25) is 0 Å². The molecule has 2 N–H and O–H groups in total. The molecule has 1 heterocycles. The van der Waals surface area contributed by atoms with Crippen LogP contribution in [-0.2, 0) is 0 Å². The van der Waals surface area contributed by atoms with Crippen LogP contribution in [0.4, 0.5) is 5.82 Å². The third kappa shape index (κ3) is 2.37. The first-order valence-electron chi connectivity index (χ1n) is 5.77. The molecule has 2 atom stereocenters. The predicted octanol–water partition coefficient (Wildman–Crippen LogP) is 1.31. The summed E-state index contributed by atoms with van der Waals surface area (Å²) in [5.74, 6) is 0.663. The third-order valence-corrected chi connectivity index (χ3v) is 3.53. The fraction of sp³-hybridized carbons (Fsp3) is 0.583. The van der Waals surface area contributed by atoms with Gasteiger partial charge in [0.25, 0.3) is 0 Å². The highest BCUT2D eigenvalue weighted by atomic mass is 16.3. The van der Waals surface area contributed by atoms with E-state index >= 15 is 0 Å². The Morgan fingerprint density at radius 1 is 1.59 bits per heavy atom. The molecular formula is C12H16N4O. The van der Waals surface area contributed by atoms with E-state index in [1.807, 2.05) is 6.07 Å². The van der Waals surface area contributed by atoms with Gasteiger partial charge in [-0.2, -0.15) is 5.26 Å². The van der Waals surface area contributed by atoms with E-state index in [9.17, 15) is 5.11 Å². The van der Waals surface area contributed by atoms with Gasteiger partial charge in [-0.3, -0.25) is 0 Å². The molecule has 2 unspecified atom stereocenters. The van der Waals surface area contributed by atoms with E-state index in [1.165, 1.54) is 6.20 Å². The molecule has 1 aliphatic carbocycles. The highest BCUT2D eigenvalue weighted by Crippen LogP contribution is 2.38. The lowest BCUT2D eigenvalue weighted by Gasteiger charge is -2.30. The molecule has 1 aromatic rings. The minimum atomic E-state index is -0.0877. The molecule has 0 aromatic carbocycles. The molecule has 0 saturated heterocycles. The SMILES string of the molecule is CC1(CO)CCCC1Nc1cnc(C#N)cn1. The van der Waals surface area contributed by atoms with Crippen molar-refractivity contribution < 1.29 is 5.11 Å². The molecule has 5 nitrogen and oxygen atoms in total. The Morgan fingerprint density at radius 3 is 3.00 bits per heavy atom. The largest absolute Gasteiger partial charge is 0.396 e. The second-order valence-electron chi connectivity index (χ2n) is 4.80. The van der Waals surface area contributed by atoms with Crippen molar-refractivity contribution in [2.75, 3.05) is 11.9 Å². The molecular weight excluding hydrogens is 216 g/mol. The van der Waals surface area contributed by atoms with Crippen molar-refractivity contribution in [1.82, 2.24) is 9.97 Å². The Labute approximate surface area is 101 Å². The van der Waals surface area contributed by atoms with Crippen molar-refractivity contribution in [3.8, 4) is 6.07 Å². The number of nitrogens with zero attached hydrogens (tertiary/aromatic N) is 3. The normalized spacial score (nSPS) is 27.7. The molecule has 0 amide bonds. The first-order chi connectivity index (χ1) is 8.18. The molecule has 0 aliphatic heterocycles. The number of rotatable bonds is 3. The van der Waals surface area contributed by atoms with Crippen LogP contribution in [0.1, 0.15) is 31.9 Å². The van der Waals surface area contributed by atoms with Gasteiger partial charge in [0, 0.05) is 11.5 Å². The van der Waals surface area contributed by atoms with Gasteiger partial charge in [-0.15, -0.1) is 0 Å². The van der Waals surface area contributed by atoms with E-state index in [-0.39, 0.29) is 18.1 Å². The van der Waals surface area contributed by atoms with Crippen LogP contribution in [0, 0.1) is 16.7 Å². The molecule has 0 spiro atoms. The second-order valence-corrected chi connectivity index (χ2v) is 4.80. The van der Waals surface area contributed by atoms with Crippen LogP contribution in [0.15, 0.2) is 12.4 Å². The molecule has 1 aliphatic rings. The van der Waals surface area contributed by atoms with Gasteiger partial charge in [-0.1, -0.05) is 13.3 Å². The summed E-state index contributed by atoms with van der Waals surface area (Å²) in [6, 6.07) is 2.15. The Kier molecular flexibility index (Phi) is 3.25. The minimum absolute atomic E-state index is 0.0877. The first-order valence-corrected chi connectivity index (χ1v) is 5.77. The van der Waals surface area contributed by atoms with Gasteiger partial charge in [0.1, 0.15) is 11.9 Å². The van der Waals surface area contributed by atoms with Crippen molar-refractivity contribution in [3.05, 3.63) is 18.1 Å². The maximum atomic E-state index is 9.44. The van der Waals surface area contributed by atoms with Crippen molar-refractivity contribution in [3.63, 3.8) is 0 Å². The first kappa shape index (κ1) is 11.8. The zero-order valence-electron chi connectivity index (χ0n) is 9.85. The average molecular weight is 232 g/mol. The van der Waals surface area contributed by atoms with E-state index in [1.54, 1.807) is 6.20 Å². The van der Waals surface area contributed by atoms with Gasteiger partial charge in [0.15, 0.2) is 5.69 Å². The number of anilines is 1. The summed E-state index contributed by atoms with van der Waals surface area (Å²) in [7, 11) is 0. The van der Waals surface area contributed by atoms with Crippen LogP contribution >= 0.6 is 0 Å². The summed E-state index contributed by atoms with van der Waals surface area (Å²) in [4.78, 5) is 8.10. The van der Waals surface area contributed by atoms with Crippen LogP contribution < -0.4 is 5.32 Å². The van der Waals surface area contributed by atoms with Crippen LogP contribution in [0.5, 0.6) is 0 Å². The number of aromatic nitrogens is 2. The summed E-state index contributed by atoms with van der Waals surface area (Å²) in [6.45, 7) is 2.25. The lowest BCUT2D eigenvalue weighted by atomic mass is 9.86. The maximum Gasteiger partial charge on any atom is 0.158 e. The fourth-order valence-corrected chi connectivity index (χ4v) is 2.31. The fourth-order valence-electron chi connectivity index (χ4n) is 2.31. The van der Waals surface area contributed by atoms with E-state index in [2.05, 4.69) is 22.2 Å². The van der Waals surface area contributed by atoms with Gasteiger partial charge >= 0.3 is 0 Å². The van der Waals surface area contributed by atoms with Crippen LogP contribution in [-0.4, -0.2) is 27.7 Å².